The van der Waals surface area contributed by atoms with E-state index in [2.05, 4.69) is 15.6 Å². The summed E-state index contributed by atoms with van der Waals surface area (Å²) >= 11 is 0. The molecule has 0 bridgehead atoms. The molecule has 1 heterocycles. The molecule has 0 unspecified atom stereocenters. The Balaban J connectivity index is 2.61. The zero-order valence-electron chi connectivity index (χ0n) is 8.20. The Kier molecular flexibility index (Phi) is 2.01. The Bertz CT molecular complexity index is 445. The van der Waals surface area contributed by atoms with Gasteiger partial charge in [0, 0.05) is 25.2 Å². The van der Waals surface area contributed by atoms with Gasteiger partial charge in [-0.15, -0.1) is 0 Å². The van der Waals surface area contributed by atoms with Gasteiger partial charge in [-0.3, -0.25) is 5.10 Å². The molecule has 0 spiro atoms. The number of hydrogen-bond acceptors (Lipinski definition) is 4. The minimum absolute atomic E-state index is 0.670. The molecule has 14 heavy (non-hydrogen) atoms. The van der Waals surface area contributed by atoms with Crippen LogP contribution in [0.15, 0.2) is 18.2 Å². The standard InChI is InChI=1S/C9H13N5/c1-14(2)6-3-4-8-7(5-6)9(11-10)13-12-8/h3-5H,10H2,1-2H3,(H2,11,12,13). The first kappa shape index (κ1) is 8.83. The van der Waals surface area contributed by atoms with E-state index in [1.807, 2.05) is 37.2 Å². The molecule has 2 rings (SSSR count). The third kappa shape index (κ3) is 1.27. The number of H-pyrrole nitrogens is 1. The van der Waals surface area contributed by atoms with Crippen LogP contribution in [0.2, 0.25) is 0 Å². The van der Waals surface area contributed by atoms with E-state index in [0.29, 0.717) is 5.82 Å². The summed E-state index contributed by atoms with van der Waals surface area (Å²) in [5, 5.41) is 7.93. The fourth-order valence-corrected chi connectivity index (χ4v) is 1.39. The number of nitrogens with one attached hydrogen (secondary N) is 2. The largest absolute Gasteiger partial charge is 0.378 e. The van der Waals surface area contributed by atoms with Crippen LogP contribution in [0.5, 0.6) is 0 Å². The van der Waals surface area contributed by atoms with Crippen LogP contribution in [0.4, 0.5) is 11.5 Å². The summed E-state index contributed by atoms with van der Waals surface area (Å²) in [5.74, 6) is 6.01. The SMILES string of the molecule is CN(C)c1ccc2[nH]nc(NN)c2c1. The van der Waals surface area contributed by atoms with E-state index < -0.39 is 0 Å². The van der Waals surface area contributed by atoms with Gasteiger partial charge in [0.2, 0.25) is 0 Å². The van der Waals surface area contributed by atoms with Crippen LogP contribution in [0.3, 0.4) is 0 Å². The van der Waals surface area contributed by atoms with E-state index in [4.69, 9.17) is 5.84 Å². The maximum Gasteiger partial charge on any atom is 0.169 e. The summed E-state index contributed by atoms with van der Waals surface area (Å²) in [7, 11) is 3.99. The van der Waals surface area contributed by atoms with E-state index in [-0.39, 0.29) is 0 Å². The molecule has 0 saturated heterocycles. The molecule has 4 N–H and O–H groups in total. The van der Waals surface area contributed by atoms with Gasteiger partial charge in [0.25, 0.3) is 0 Å². The van der Waals surface area contributed by atoms with E-state index in [1.54, 1.807) is 0 Å². The third-order valence-corrected chi connectivity index (χ3v) is 2.20. The summed E-state index contributed by atoms with van der Waals surface area (Å²) in [5.41, 5.74) is 4.65. The quantitative estimate of drug-likeness (QED) is 0.487. The average molecular weight is 191 g/mol. The van der Waals surface area contributed by atoms with Gasteiger partial charge in [-0.2, -0.15) is 5.10 Å². The van der Waals surface area contributed by atoms with Crippen LogP contribution in [0.25, 0.3) is 10.9 Å². The van der Waals surface area contributed by atoms with Crippen LogP contribution in [0.1, 0.15) is 0 Å². The Hall–Kier alpha value is -1.75. The third-order valence-electron chi connectivity index (χ3n) is 2.20. The zero-order valence-corrected chi connectivity index (χ0v) is 8.20. The highest BCUT2D eigenvalue weighted by Gasteiger charge is 2.05. The Morgan fingerprint density at radius 2 is 2.21 bits per heavy atom. The van der Waals surface area contributed by atoms with Crippen molar-refractivity contribution in [2.24, 2.45) is 5.84 Å². The van der Waals surface area contributed by atoms with Crippen molar-refractivity contribution in [3.63, 3.8) is 0 Å². The molecular formula is C9H13N5. The van der Waals surface area contributed by atoms with Gasteiger partial charge in [0.15, 0.2) is 5.82 Å². The van der Waals surface area contributed by atoms with Crippen molar-refractivity contribution in [3.8, 4) is 0 Å². The molecule has 0 radical (unpaired) electrons. The summed E-state index contributed by atoms with van der Waals surface area (Å²) < 4.78 is 0. The second-order valence-electron chi connectivity index (χ2n) is 3.34. The van der Waals surface area contributed by atoms with Gasteiger partial charge in [0.05, 0.1) is 5.52 Å². The first-order chi connectivity index (χ1) is 6.72. The van der Waals surface area contributed by atoms with Crippen molar-refractivity contribution in [2.75, 3.05) is 24.4 Å². The highest BCUT2D eigenvalue weighted by molar-refractivity contribution is 5.92. The number of nitrogens with zero attached hydrogens (tertiary/aromatic N) is 2. The second kappa shape index (κ2) is 3.19. The van der Waals surface area contributed by atoms with Crippen molar-refractivity contribution in [3.05, 3.63) is 18.2 Å². The highest BCUT2D eigenvalue weighted by atomic mass is 15.3. The maximum absolute atomic E-state index is 5.34. The number of hydrogen-bond donors (Lipinski definition) is 3. The van der Waals surface area contributed by atoms with Gasteiger partial charge < -0.3 is 10.3 Å². The van der Waals surface area contributed by atoms with Crippen LogP contribution in [-0.2, 0) is 0 Å². The van der Waals surface area contributed by atoms with Gasteiger partial charge >= 0.3 is 0 Å². The number of aromatic nitrogens is 2. The van der Waals surface area contributed by atoms with E-state index in [1.165, 1.54) is 0 Å². The summed E-state index contributed by atoms with van der Waals surface area (Å²) in [6.45, 7) is 0. The number of anilines is 2. The molecule has 1 aromatic heterocycles. The number of fused-ring (bicyclic) bond motifs is 1. The Morgan fingerprint density at radius 3 is 2.86 bits per heavy atom. The number of nitrogen functional groups attached to an aromatic ring is 1. The van der Waals surface area contributed by atoms with Crippen molar-refractivity contribution in [1.82, 2.24) is 10.2 Å². The molecule has 0 amide bonds. The lowest BCUT2D eigenvalue weighted by molar-refractivity contribution is 1.10. The average Bonchev–Trinajstić information content (AvgIpc) is 2.59. The lowest BCUT2D eigenvalue weighted by Gasteiger charge is -2.11. The van der Waals surface area contributed by atoms with Crippen molar-refractivity contribution >= 4 is 22.4 Å². The fourth-order valence-electron chi connectivity index (χ4n) is 1.39. The molecule has 0 fully saturated rings. The van der Waals surface area contributed by atoms with Crippen molar-refractivity contribution < 1.29 is 0 Å². The van der Waals surface area contributed by atoms with Crippen LogP contribution in [0, 0.1) is 0 Å². The number of rotatable bonds is 2. The second-order valence-corrected chi connectivity index (χ2v) is 3.34. The molecule has 1 aromatic carbocycles. The van der Waals surface area contributed by atoms with E-state index in [0.717, 1.165) is 16.6 Å². The summed E-state index contributed by atoms with van der Waals surface area (Å²) in [6, 6.07) is 6.05. The molecule has 2 aromatic rings. The minimum Gasteiger partial charge on any atom is -0.378 e. The van der Waals surface area contributed by atoms with Gasteiger partial charge in [-0.25, -0.2) is 5.84 Å². The number of hydrazine groups is 1. The Morgan fingerprint density at radius 1 is 1.43 bits per heavy atom. The molecule has 74 valence electrons. The van der Waals surface area contributed by atoms with E-state index in [9.17, 15) is 0 Å². The van der Waals surface area contributed by atoms with Gasteiger partial charge in [0.1, 0.15) is 0 Å². The first-order valence-electron chi connectivity index (χ1n) is 4.34. The lowest BCUT2D eigenvalue weighted by Crippen LogP contribution is -2.09. The molecule has 0 aliphatic carbocycles. The molecule has 0 atom stereocenters. The maximum atomic E-state index is 5.34. The van der Waals surface area contributed by atoms with Crippen molar-refractivity contribution in [1.29, 1.82) is 0 Å². The predicted molar refractivity (Wildman–Crippen MR) is 58.2 cm³/mol. The number of nitrogens with two attached hydrogens (primary N) is 1. The van der Waals surface area contributed by atoms with E-state index >= 15 is 0 Å². The van der Waals surface area contributed by atoms with Crippen LogP contribution < -0.4 is 16.2 Å². The minimum atomic E-state index is 0.670. The van der Waals surface area contributed by atoms with Crippen molar-refractivity contribution in [2.45, 2.75) is 0 Å². The highest BCUT2D eigenvalue weighted by Crippen LogP contribution is 2.24. The van der Waals surface area contributed by atoms with Gasteiger partial charge in [-0.05, 0) is 18.2 Å². The molecule has 5 heteroatoms. The monoisotopic (exact) mass is 191 g/mol. The molecular weight excluding hydrogens is 178 g/mol. The molecule has 0 saturated carbocycles. The molecule has 0 aliphatic heterocycles. The number of aromatic amines is 1. The first-order valence-corrected chi connectivity index (χ1v) is 4.34. The fraction of sp³-hybridized carbons (Fsp3) is 0.222. The predicted octanol–water partition coefficient (Wildman–Crippen LogP) is 0.914. The smallest absolute Gasteiger partial charge is 0.169 e. The number of benzene rings is 1. The summed E-state index contributed by atoms with van der Waals surface area (Å²) in [4.78, 5) is 2.03. The van der Waals surface area contributed by atoms with Crippen LogP contribution in [-0.4, -0.2) is 24.3 Å². The molecule has 0 aliphatic rings. The Labute approximate surface area is 81.9 Å². The topological polar surface area (TPSA) is 70.0 Å². The van der Waals surface area contributed by atoms with Gasteiger partial charge in [-0.1, -0.05) is 0 Å². The molecule has 5 nitrogen and oxygen atoms in total. The normalized spacial score (nSPS) is 10.5. The zero-order chi connectivity index (χ0) is 10.1. The summed E-state index contributed by atoms with van der Waals surface area (Å²) in [6.07, 6.45) is 0. The van der Waals surface area contributed by atoms with Crippen LogP contribution >= 0.6 is 0 Å². The lowest BCUT2D eigenvalue weighted by atomic mass is 10.2.